The second-order valence-electron chi connectivity index (χ2n) is 4.47. The Morgan fingerprint density at radius 1 is 1.26 bits per heavy atom. The van der Waals surface area contributed by atoms with Crippen LogP contribution in [0.25, 0.3) is 11.3 Å². The summed E-state index contributed by atoms with van der Waals surface area (Å²) in [5, 5.41) is 0. The highest BCUT2D eigenvalue weighted by molar-refractivity contribution is 5.69. The van der Waals surface area contributed by atoms with E-state index in [0.717, 1.165) is 17.7 Å². The molecule has 1 heterocycles. The molecule has 0 unspecified atom stereocenters. The van der Waals surface area contributed by atoms with E-state index in [-0.39, 0.29) is 5.56 Å². The number of para-hydroxylation sites is 1. The van der Waals surface area contributed by atoms with Crippen LogP contribution in [0.1, 0.15) is 24.7 Å². The van der Waals surface area contributed by atoms with E-state index in [1.165, 1.54) is 0 Å². The fraction of sp³-hybridized carbons (Fsp3) is 0.333. The number of hydrogen-bond acceptors (Lipinski definition) is 3. The van der Waals surface area contributed by atoms with Gasteiger partial charge in [0.15, 0.2) is 0 Å². The van der Waals surface area contributed by atoms with E-state index < -0.39 is 0 Å². The highest BCUT2D eigenvalue weighted by atomic mass is 16.5. The van der Waals surface area contributed by atoms with Crippen LogP contribution in [-0.4, -0.2) is 16.6 Å². The molecule has 4 nitrogen and oxygen atoms in total. The second-order valence-corrected chi connectivity index (χ2v) is 4.47. The first kappa shape index (κ1) is 13.3. The molecular weight excluding hydrogens is 240 g/mol. The maximum absolute atomic E-state index is 11.8. The SMILES string of the molecule is CCCOc1ccccc1-c1nc(C)[nH]c(=O)c1C. The van der Waals surface area contributed by atoms with Gasteiger partial charge in [-0.05, 0) is 32.4 Å². The minimum absolute atomic E-state index is 0.104. The summed E-state index contributed by atoms with van der Waals surface area (Å²) in [4.78, 5) is 19.0. The molecule has 1 aromatic heterocycles. The van der Waals surface area contributed by atoms with Crippen LogP contribution in [0.3, 0.4) is 0 Å². The van der Waals surface area contributed by atoms with Crippen molar-refractivity contribution in [2.45, 2.75) is 27.2 Å². The van der Waals surface area contributed by atoms with Crippen LogP contribution in [0.2, 0.25) is 0 Å². The molecule has 0 aliphatic heterocycles. The molecule has 1 N–H and O–H groups in total. The van der Waals surface area contributed by atoms with Crippen LogP contribution in [0.15, 0.2) is 29.1 Å². The number of benzene rings is 1. The summed E-state index contributed by atoms with van der Waals surface area (Å²) in [6, 6.07) is 7.68. The maximum Gasteiger partial charge on any atom is 0.254 e. The standard InChI is InChI=1S/C15H18N2O2/c1-4-9-19-13-8-6-5-7-12(13)14-10(2)15(18)17-11(3)16-14/h5-8H,4,9H2,1-3H3,(H,16,17,18). The molecule has 4 heteroatoms. The van der Waals surface area contributed by atoms with E-state index >= 15 is 0 Å². The molecule has 2 rings (SSSR count). The van der Waals surface area contributed by atoms with Crippen molar-refractivity contribution in [1.29, 1.82) is 0 Å². The lowest BCUT2D eigenvalue weighted by molar-refractivity contribution is 0.318. The average Bonchev–Trinajstić information content (AvgIpc) is 2.41. The molecule has 0 amide bonds. The van der Waals surface area contributed by atoms with E-state index in [4.69, 9.17) is 4.74 Å². The van der Waals surface area contributed by atoms with Crippen molar-refractivity contribution in [3.63, 3.8) is 0 Å². The number of aromatic amines is 1. The molecule has 0 aliphatic rings. The first-order valence-corrected chi connectivity index (χ1v) is 6.43. The molecule has 0 atom stereocenters. The smallest absolute Gasteiger partial charge is 0.254 e. The van der Waals surface area contributed by atoms with E-state index in [0.29, 0.717) is 23.7 Å². The van der Waals surface area contributed by atoms with Crippen molar-refractivity contribution in [2.75, 3.05) is 6.61 Å². The average molecular weight is 258 g/mol. The number of ether oxygens (including phenoxy) is 1. The Kier molecular flexibility index (Phi) is 4.00. The number of rotatable bonds is 4. The molecule has 100 valence electrons. The number of H-pyrrole nitrogens is 1. The zero-order valence-corrected chi connectivity index (χ0v) is 11.5. The fourth-order valence-electron chi connectivity index (χ4n) is 1.91. The highest BCUT2D eigenvalue weighted by Gasteiger charge is 2.12. The van der Waals surface area contributed by atoms with Gasteiger partial charge in [0.25, 0.3) is 5.56 Å². The van der Waals surface area contributed by atoms with E-state index in [1.54, 1.807) is 13.8 Å². The molecule has 0 spiro atoms. The van der Waals surface area contributed by atoms with Crippen LogP contribution < -0.4 is 10.3 Å². The minimum atomic E-state index is -0.104. The molecule has 19 heavy (non-hydrogen) atoms. The van der Waals surface area contributed by atoms with Gasteiger partial charge in [-0.15, -0.1) is 0 Å². The van der Waals surface area contributed by atoms with E-state index in [9.17, 15) is 4.79 Å². The molecule has 0 aliphatic carbocycles. The summed E-state index contributed by atoms with van der Waals surface area (Å²) in [7, 11) is 0. The van der Waals surface area contributed by atoms with Crippen molar-refractivity contribution in [3.8, 4) is 17.0 Å². The number of hydrogen-bond donors (Lipinski definition) is 1. The van der Waals surface area contributed by atoms with Gasteiger partial charge < -0.3 is 9.72 Å². The van der Waals surface area contributed by atoms with Gasteiger partial charge in [-0.25, -0.2) is 4.98 Å². The van der Waals surface area contributed by atoms with Crippen molar-refractivity contribution < 1.29 is 4.74 Å². The molecule has 0 radical (unpaired) electrons. The second kappa shape index (κ2) is 5.69. The Morgan fingerprint density at radius 2 is 2.00 bits per heavy atom. The summed E-state index contributed by atoms with van der Waals surface area (Å²) in [5.74, 6) is 1.38. The molecule has 0 fully saturated rings. The normalized spacial score (nSPS) is 10.5. The van der Waals surface area contributed by atoms with Gasteiger partial charge in [-0.2, -0.15) is 0 Å². The Balaban J connectivity index is 2.56. The fourth-order valence-corrected chi connectivity index (χ4v) is 1.91. The lowest BCUT2D eigenvalue weighted by atomic mass is 10.1. The summed E-state index contributed by atoms with van der Waals surface area (Å²) < 4.78 is 5.72. The number of nitrogens with zero attached hydrogens (tertiary/aromatic N) is 1. The topological polar surface area (TPSA) is 55.0 Å². The van der Waals surface area contributed by atoms with Gasteiger partial charge in [-0.3, -0.25) is 4.79 Å². The molecule has 0 saturated carbocycles. The van der Waals surface area contributed by atoms with Gasteiger partial charge in [-0.1, -0.05) is 19.1 Å². The predicted molar refractivity (Wildman–Crippen MR) is 75.6 cm³/mol. The molecular formula is C15H18N2O2. The van der Waals surface area contributed by atoms with E-state index in [1.807, 2.05) is 24.3 Å². The van der Waals surface area contributed by atoms with Crippen molar-refractivity contribution in [1.82, 2.24) is 9.97 Å². The molecule has 0 bridgehead atoms. The Labute approximate surface area is 112 Å². The van der Waals surface area contributed by atoms with Gasteiger partial charge >= 0.3 is 0 Å². The first-order valence-electron chi connectivity index (χ1n) is 6.43. The van der Waals surface area contributed by atoms with Gasteiger partial charge in [0.2, 0.25) is 0 Å². The number of nitrogens with one attached hydrogen (secondary N) is 1. The largest absolute Gasteiger partial charge is 0.493 e. The lowest BCUT2D eigenvalue weighted by Gasteiger charge is -2.12. The quantitative estimate of drug-likeness (QED) is 0.917. The summed E-state index contributed by atoms with van der Waals surface area (Å²) in [6.07, 6.45) is 0.940. The van der Waals surface area contributed by atoms with Crippen LogP contribution in [-0.2, 0) is 0 Å². The monoisotopic (exact) mass is 258 g/mol. The molecule has 2 aromatic rings. The Bertz CT molecular complexity index is 632. The lowest BCUT2D eigenvalue weighted by Crippen LogP contribution is -2.14. The van der Waals surface area contributed by atoms with Crippen molar-refractivity contribution >= 4 is 0 Å². The summed E-state index contributed by atoms with van der Waals surface area (Å²) in [6.45, 7) is 6.26. The van der Waals surface area contributed by atoms with Gasteiger partial charge in [0, 0.05) is 11.1 Å². The highest BCUT2D eigenvalue weighted by Crippen LogP contribution is 2.29. The number of aryl methyl sites for hydroxylation is 1. The zero-order chi connectivity index (χ0) is 13.8. The van der Waals surface area contributed by atoms with Crippen molar-refractivity contribution in [2.24, 2.45) is 0 Å². The third kappa shape index (κ3) is 2.84. The Morgan fingerprint density at radius 3 is 2.74 bits per heavy atom. The minimum Gasteiger partial charge on any atom is -0.493 e. The predicted octanol–water partition coefficient (Wildman–Crippen LogP) is 2.84. The van der Waals surface area contributed by atoms with E-state index in [2.05, 4.69) is 16.9 Å². The molecule has 1 aromatic carbocycles. The van der Waals surface area contributed by atoms with Crippen molar-refractivity contribution in [3.05, 3.63) is 46.0 Å². The number of aromatic nitrogens is 2. The van der Waals surface area contributed by atoms with Gasteiger partial charge in [0.05, 0.1) is 12.3 Å². The third-order valence-electron chi connectivity index (χ3n) is 2.87. The van der Waals surface area contributed by atoms with Crippen LogP contribution in [0.5, 0.6) is 5.75 Å². The van der Waals surface area contributed by atoms with Gasteiger partial charge in [0.1, 0.15) is 11.6 Å². The molecule has 0 saturated heterocycles. The van der Waals surface area contributed by atoms with Crippen LogP contribution in [0.4, 0.5) is 0 Å². The first-order chi connectivity index (χ1) is 9.13. The Hall–Kier alpha value is -2.10. The van der Waals surface area contributed by atoms with Crippen LogP contribution >= 0.6 is 0 Å². The summed E-state index contributed by atoms with van der Waals surface area (Å²) >= 11 is 0. The zero-order valence-electron chi connectivity index (χ0n) is 11.5. The third-order valence-corrected chi connectivity index (χ3v) is 2.87. The summed E-state index contributed by atoms with van der Waals surface area (Å²) in [5.41, 5.74) is 2.06. The van der Waals surface area contributed by atoms with Crippen LogP contribution in [0, 0.1) is 13.8 Å². The maximum atomic E-state index is 11.8.